The van der Waals surface area contributed by atoms with Crippen molar-refractivity contribution < 1.29 is 14.4 Å². The zero-order chi connectivity index (χ0) is 17.4. The number of fused-ring (bicyclic) bond motifs is 1. The Bertz CT molecular complexity index is 674. The monoisotopic (exact) mass is 393 g/mol. The largest absolute Gasteiger partial charge is 0.347 e. The average Bonchev–Trinajstić information content (AvgIpc) is 2.96. The van der Waals surface area contributed by atoms with Crippen molar-refractivity contribution in [3.63, 3.8) is 0 Å². The number of nitrogens with zero attached hydrogens (tertiary/aromatic N) is 1. The number of carbonyl (C=O) groups is 3. The first kappa shape index (κ1) is 17.0. The Kier molecular flexibility index (Phi) is 4.62. The molecule has 3 rings (SSSR count). The first-order valence-corrected chi connectivity index (χ1v) is 8.83. The van der Waals surface area contributed by atoms with Gasteiger partial charge in [0.05, 0.1) is 0 Å². The van der Waals surface area contributed by atoms with Crippen LogP contribution in [0.15, 0.2) is 28.7 Å². The van der Waals surface area contributed by atoms with Crippen molar-refractivity contribution in [1.82, 2.24) is 15.5 Å². The first-order chi connectivity index (χ1) is 11.4. The molecule has 0 unspecified atom stereocenters. The van der Waals surface area contributed by atoms with Gasteiger partial charge in [-0.2, -0.15) is 0 Å². The van der Waals surface area contributed by atoms with Gasteiger partial charge in [-0.1, -0.05) is 29.8 Å². The number of hydrogen-bond acceptors (Lipinski definition) is 3. The van der Waals surface area contributed by atoms with Crippen LogP contribution in [0.1, 0.15) is 30.6 Å². The highest BCUT2D eigenvalue weighted by molar-refractivity contribution is 9.10. The third-order valence-corrected chi connectivity index (χ3v) is 5.09. The minimum atomic E-state index is -0.484. The normalized spacial score (nSPS) is 26.3. The molecule has 0 saturated carbocycles. The standard InChI is InChI=1S/C17H20BrN3O3/c1-9(2)14-17(24)21-8-12(7-13(21)16(23)20-14)19-15(22)10-3-5-11(18)6-4-10/h3-6,9,12-14H,7-8H2,1-2H3,(H,19,22)(H,20,23)/t12-,13-,14+/m0/s1. The Balaban J connectivity index is 1.68. The first-order valence-electron chi connectivity index (χ1n) is 8.04. The summed E-state index contributed by atoms with van der Waals surface area (Å²) in [5.74, 6) is -0.344. The second kappa shape index (κ2) is 6.55. The van der Waals surface area contributed by atoms with Gasteiger partial charge in [0, 0.05) is 22.6 Å². The summed E-state index contributed by atoms with van der Waals surface area (Å²) in [6.07, 6.45) is 0.449. The number of halogens is 1. The van der Waals surface area contributed by atoms with Crippen LogP contribution in [0.2, 0.25) is 0 Å². The summed E-state index contributed by atoms with van der Waals surface area (Å²) in [7, 11) is 0. The van der Waals surface area contributed by atoms with Crippen LogP contribution in [0.3, 0.4) is 0 Å². The highest BCUT2D eigenvalue weighted by Gasteiger charge is 2.47. The van der Waals surface area contributed by atoms with E-state index < -0.39 is 12.1 Å². The summed E-state index contributed by atoms with van der Waals surface area (Å²) in [6.45, 7) is 4.19. The van der Waals surface area contributed by atoms with Crippen molar-refractivity contribution in [2.75, 3.05) is 6.54 Å². The van der Waals surface area contributed by atoms with Crippen LogP contribution >= 0.6 is 15.9 Å². The molecule has 0 spiro atoms. The Morgan fingerprint density at radius 2 is 1.96 bits per heavy atom. The minimum Gasteiger partial charge on any atom is -0.347 e. The maximum Gasteiger partial charge on any atom is 0.251 e. The Morgan fingerprint density at radius 3 is 2.58 bits per heavy atom. The maximum atomic E-state index is 12.5. The number of nitrogens with one attached hydrogen (secondary N) is 2. The second-order valence-electron chi connectivity index (χ2n) is 6.65. The molecule has 2 saturated heterocycles. The van der Waals surface area contributed by atoms with E-state index in [1.807, 2.05) is 13.8 Å². The third kappa shape index (κ3) is 3.17. The zero-order valence-electron chi connectivity index (χ0n) is 13.6. The molecule has 2 heterocycles. The van der Waals surface area contributed by atoms with Crippen LogP contribution in [0.25, 0.3) is 0 Å². The number of piperazine rings is 1. The van der Waals surface area contributed by atoms with E-state index in [4.69, 9.17) is 0 Å². The number of benzene rings is 1. The van der Waals surface area contributed by atoms with Gasteiger partial charge < -0.3 is 15.5 Å². The fourth-order valence-electron chi connectivity index (χ4n) is 3.24. The summed E-state index contributed by atoms with van der Waals surface area (Å²) >= 11 is 3.33. The summed E-state index contributed by atoms with van der Waals surface area (Å²) in [4.78, 5) is 38.7. The molecule has 1 aromatic rings. The second-order valence-corrected chi connectivity index (χ2v) is 7.57. The van der Waals surface area contributed by atoms with Crippen LogP contribution in [0.4, 0.5) is 0 Å². The van der Waals surface area contributed by atoms with Crippen LogP contribution in [-0.2, 0) is 9.59 Å². The van der Waals surface area contributed by atoms with Gasteiger partial charge in [0.25, 0.3) is 5.91 Å². The van der Waals surface area contributed by atoms with Gasteiger partial charge >= 0.3 is 0 Å². The van der Waals surface area contributed by atoms with Crippen LogP contribution in [-0.4, -0.2) is 47.3 Å². The molecule has 7 heteroatoms. The van der Waals surface area contributed by atoms with E-state index in [1.165, 1.54) is 0 Å². The van der Waals surface area contributed by atoms with Gasteiger partial charge in [0.2, 0.25) is 11.8 Å². The highest BCUT2D eigenvalue weighted by Crippen LogP contribution is 2.25. The van der Waals surface area contributed by atoms with Crippen molar-refractivity contribution in [2.24, 2.45) is 5.92 Å². The molecule has 1 aromatic carbocycles. The zero-order valence-corrected chi connectivity index (χ0v) is 15.2. The fraction of sp³-hybridized carbons (Fsp3) is 0.471. The summed E-state index contributed by atoms with van der Waals surface area (Å²) in [6, 6.07) is 5.89. The lowest BCUT2D eigenvalue weighted by atomic mass is 9.98. The Hall–Kier alpha value is -1.89. The minimum absolute atomic E-state index is 0.0406. The number of hydrogen-bond donors (Lipinski definition) is 2. The molecule has 0 aromatic heterocycles. The third-order valence-electron chi connectivity index (χ3n) is 4.56. The molecule has 2 N–H and O–H groups in total. The SMILES string of the molecule is CC(C)[C@H]1NC(=O)[C@@H]2C[C@H](NC(=O)c3ccc(Br)cc3)CN2C1=O. The van der Waals surface area contributed by atoms with Crippen molar-refractivity contribution >= 4 is 33.7 Å². The highest BCUT2D eigenvalue weighted by atomic mass is 79.9. The summed E-state index contributed by atoms with van der Waals surface area (Å²) in [5, 5.41) is 5.73. The van der Waals surface area contributed by atoms with Gasteiger partial charge in [0.15, 0.2) is 0 Å². The summed E-state index contributed by atoms with van der Waals surface area (Å²) in [5.41, 5.74) is 0.555. The van der Waals surface area contributed by atoms with Crippen LogP contribution in [0, 0.1) is 5.92 Å². The van der Waals surface area contributed by atoms with E-state index in [2.05, 4.69) is 26.6 Å². The Labute approximate surface area is 149 Å². The molecule has 3 atom stereocenters. The van der Waals surface area contributed by atoms with Crippen LogP contribution < -0.4 is 10.6 Å². The molecule has 128 valence electrons. The lowest BCUT2D eigenvalue weighted by Gasteiger charge is -2.36. The Morgan fingerprint density at radius 1 is 1.29 bits per heavy atom. The van der Waals surface area contributed by atoms with Crippen molar-refractivity contribution in [1.29, 1.82) is 0 Å². The molecule has 24 heavy (non-hydrogen) atoms. The van der Waals surface area contributed by atoms with Gasteiger partial charge in [0.1, 0.15) is 12.1 Å². The summed E-state index contributed by atoms with van der Waals surface area (Å²) < 4.78 is 0.902. The van der Waals surface area contributed by atoms with Gasteiger partial charge in [-0.05, 0) is 36.6 Å². The predicted octanol–water partition coefficient (Wildman–Crippen LogP) is 1.30. The smallest absolute Gasteiger partial charge is 0.251 e. The topological polar surface area (TPSA) is 78.5 Å². The van der Waals surface area contributed by atoms with Gasteiger partial charge in [-0.3, -0.25) is 14.4 Å². The van der Waals surface area contributed by atoms with E-state index in [0.717, 1.165) is 4.47 Å². The van der Waals surface area contributed by atoms with E-state index in [9.17, 15) is 14.4 Å². The molecular formula is C17H20BrN3O3. The van der Waals surface area contributed by atoms with E-state index in [0.29, 0.717) is 18.5 Å². The molecule has 2 aliphatic rings. The van der Waals surface area contributed by atoms with Crippen molar-refractivity contribution in [3.05, 3.63) is 34.3 Å². The van der Waals surface area contributed by atoms with Gasteiger partial charge in [-0.15, -0.1) is 0 Å². The molecule has 3 amide bonds. The fourth-order valence-corrected chi connectivity index (χ4v) is 3.51. The molecule has 0 aliphatic carbocycles. The van der Waals surface area contributed by atoms with E-state index in [1.54, 1.807) is 29.2 Å². The van der Waals surface area contributed by atoms with Crippen molar-refractivity contribution in [3.8, 4) is 0 Å². The lowest BCUT2D eigenvalue weighted by molar-refractivity contribution is -0.148. The molecule has 0 radical (unpaired) electrons. The lowest BCUT2D eigenvalue weighted by Crippen LogP contribution is -2.62. The average molecular weight is 394 g/mol. The van der Waals surface area contributed by atoms with Crippen LogP contribution in [0.5, 0.6) is 0 Å². The molecule has 2 aliphatic heterocycles. The molecule has 2 fully saturated rings. The molecular weight excluding hydrogens is 374 g/mol. The quantitative estimate of drug-likeness (QED) is 0.812. The predicted molar refractivity (Wildman–Crippen MR) is 92.3 cm³/mol. The van der Waals surface area contributed by atoms with Gasteiger partial charge in [-0.25, -0.2) is 0 Å². The van der Waals surface area contributed by atoms with E-state index in [-0.39, 0.29) is 29.7 Å². The van der Waals surface area contributed by atoms with Crippen molar-refractivity contribution in [2.45, 2.75) is 38.4 Å². The molecule has 6 nitrogen and oxygen atoms in total. The number of amides is 3. The van der Waals surface area contributed by atoms with E-state index >= 15 is 0 Å². The number of carbonyl (C=O) groups excluding carboxylic acids is 3. The maximum absolute atomic E-state index is 12.5. The molecule has 0 bridgehead atoms. The number of rotatable bonds is 3.